The van der Waals surface area contributed by atoms with Gasteiger partial charge in [-0.2, -0.15) is 4.98 Å². The van der Waals surface area contributed by atoms with Gasteiger partial charge < -0.3 is 23.7 Å². The zero-order valence-corrected chi connectivity index (χ0v) is 17.6. The summed E-state index contributed by atoms with van der Waals surface area (Å²) in [6.07, 6.45) is 4.32. The highest BCUT2D eigenvalue weighted by Crippen LogP contribution is 2.33. The van der Waals surface area contributed by atoms with E-state index in [1.165, 1.54) is 5.56 Å². The molecule has 2 aromatic rings. The van der Waals surface area contributed by atoms with Gasteiger partial charge in [0.15, 0.2) is 11.5 Å². The first-order valence-electron chi connectivity index (χ1n) is 10.8. The van der Waals surface area contributed by atoms with Gasteiger partial charge in [-0.1, -0.05) is 6.07 Å². The van der Waals surface area contributed by atoms with Crippen LogP contribution < -0.4 is 18.9 Å². The summed E-state index contributed by atoms with van der Waals surface area (Å²) < 4.78 is 28.1. The number of rotatable bonds is 8. The number of nitrogens with zero attached hydrogens (tertiary/aromatic N) is 4. The summed E-state index contributed by atoms with van der Waals surface area (Å²) in [6.45, 7) is 7.87. The molecule has 9 nitrogen and oxygen atoms in total. The van der Waals surface area contributed by atoms with Crippen molar-refractivity contribution in [1.29, 1.82) is 0 Å². The Balaban J connectivity index is 1.08. The molecule has 9 heteroatoms. The van der Waals surface area contributed by atoms with Crippen LogP contribution in [-0.4, -0.2) is 85.2 Å². The van der Waals surface area contributed by atoms with E-state index in [0.717, 1.165) is 70.4 Å². The summed E-state index contributed by atoms with van der Waals surface area (Å²) in [5, 5.41) is 0. The fraction of sp³-hybridized carbons (Fsp3) is 0.545. The first-order valence-corrected chi connectivity index (χ1v) is 10.8. The number of likely N-dealkylation sites (tertiary alicyclic amines) is 1. The van der Waals surface area contributed by atoms with E-state index in [1.54, 1.807) is 12.4 Å². The van der Waals surface area contributed by atoms with Gasteiger partial charge in [0.1, 0.15) is 12.7 Å². The van der Waals surface area contributed by atoms with Crippen molar-refractivity contribution in [1.82, 2.24) is 19.8 Å². The molecule has 1 aromatic heterocycles. The van der Waals surface area contributed by atoms with Gasteiger partial charge in [0.05, 0.1) is 25.6 Å². The Kier molecular flexibility index (Phi) is 6.33. The average molecular weight is 428 g/mol. The second-order valence-electron chi connectivity index (χ2n) is 7.95. The van der Waals surface area contributed by atoms with Gasteiger partial charge in [-0.3, -0.25) is 14.8 Å². The molecule has 0 bridgehead atoms. The summed E-state index contributed by atoms with van der Waals surface area (Å²) in [7, 11) is 0. The number of ether oxygens (including phenoxy) is 5. The van der Waals surface area contributed by atoms with E-state index in [0.29, 0.717) is 25.2 Å². The summed E-state index contributed by atoms with van der Waals surface area (Å²) in [5.74, 6) is 2.65. The number of fused-ring (bicyclic) bond motifs is 1. The number of aromatic nitrogens is 2. The van der Waals surface area contributed by atoms with Crippen molar-refractivity contribution in [2.75, 3.05) is 59.3 Å². The Labute approximate surface area is 181 Å². The van der Waals surface area contributed by atoms with Crippen LogP contribution in [0, 0.1) is 0 Å². The Hall–Kier alpha value is -2.62. The molecule has 0 aliphatic carbocycles. The smallest absolute Gasteiger partial charge is 0.235 e. The maximum absolute atomic E-state index is 6.09. The van der Waals surface area contributed by atoms with Gasteiger partial charge in [0.2, 0.25) is 18.6 Å². The third-order valence-corrected chi connectivity index (χ3v) is 5.71. The highest BCUT2D eigenvalue weighted by Gasteiger charge is 2.25. The molecule has 4 heterocycles. The lowest BCUT2D eigenvalue weighted by Crippen LogP contribution is -2.38. The lowest BCUT2D eigenvalue weighted by Gasteiger charge is -2.26. The fourth-order valence-corrected chi connectivity index (χ4v) is 4.07. The highest BCUT2D eigenvalue weighted by atomic mass is 16.7. The maximum atomic E-state index is 6.09. The second kappa shape index (κ2) is 9.67. The van der Waals surface area contributed by atoms with Gasteiger partial charge in [-0.25, -0.2) is 0 Å². The van der Waals surface area contributed by atoms with Gasteiger partial charge in [-0.05, 0) is 24.1 Å². The van der Waals surface area contributed by atoms with Gasteiger partial charge >= 0.3 is 0 Å². The predicted molar refractivity (Wildman–Crippen MR) is 112 cm³/mol. The molecule has 166 valence electrons. The molecule has 0 N–H and O–H groups in total. The van der Waals surface area contributed by atoms with E-state index in [9.17, 15) is 0 Å². The summed E-state index contributed by atoms with van der Waals surface area (Å²) in [6, 6.07) is 6.12. The lowest BCUT2D eigenvalue weighted by molar-refractivity contribution is 0.0319. The normalized spacial score (nSPS) is 21.4. The van der Waals surface area contributed by atoms with Gasteiger partial charge in [-0.15, -0.1) is 0 Å². The molecule has 2 fully saturated rings. The summed E-state index contributed by atoms with van der Waals surface area (Å²) in [4.78, 5) is 13.4. The van der Waals surface area contributed by atoms with E-state index in [1.807, 2.05) is 6.07 Å². The van der Waals surface area contributed by atoms with Crippen LogP contribution in [0.2, 0.25) is 0 Å². The van der Waals surface area contributed by atoms with Crippen molar-refractivity contribution in [3.63, 3.8) is 0 Å². The lowest BCUT2D eigenvalue weighted by atomic mass is 10.2. The van der Waals surface area contributed by atoms with Crippen LogP contribution in [0.1, 0.15) is 12.0 Å². The molecule has 1 unspecified atom stereocenters. The molecule has 0 saturated carbocycles. The number of morpholine rings is 1. The summed E-state index contributed by atoms with van der Waals surface area (Å²) in [5.41, 5.74) is 1.21. The Morgan fingerprint density at radius 2 is 1.87 bits per heavy atom. The first-order chi connectivity index (χ1) is 15.3. The Bertz CT molecular complexity index is 877. The van der Waals surface area contributed by atoms with Crippen LogP contribution in [0.15, 0.2) is 30.6 Å². The van der Waals surface area contributed by atoms with Crippen molar-refractivity contribution in [2.45, 2.75) is 19.1 Å². The fourth-order valence-electron chi connectivity index (χ4n) is 4.07. The zero-order chi connectivity index (χ0) is 20.9. The zero-order valence-electron chi connectivity index (χ0n) is 17.6. The molecule has 2 saturated heterocycles. The minimum atomic E-state index is 0.0897. The van der Waals surface area contributed by atoms with E-state index >= 15 is 0 Å². The number of hydrogen-bond donors (Lipinski definition) is 0. The van der Waals surface area contributed by atoms with Crippen LogP contribution in [0.25, 0.3) is 0 Å². The van der Waals surface area contributed by atoms with E-state index in [2.05, 4.69) is 31.9 Å². The largest absolute Gasteiger partial charge is 0.475 e. The van der Waals surface area contributed by atoms with Crippen molar-refractivity contribution < 1.29 is 23.7 Å². The first kappa shape index (κ1) is 20.3. The van der Waals surface area contributed by atoms with Crippen LogP contribution in [-0.2, 0) is 11.3 Å². The molecule has 0 amide bonds. The quantitative estimate of drug-likeness (QED) is 0.622. The van der Waals surface area contributed by atoms with Crippen LogP contribution in [0.4, 0.5) is 0 Å². The minimum absolute atomic E-state index is 0.0897. The molecule has 0 spiro atoms. The van der Waals surface area contributed by atoms with E-state index < -0.39 is 0 Å². The Morgan fingerprint density at radius 1 is 1.00 bits per heavy atom. The number of benzene rings is 1. The molecule has 31 heavy (non-hydrogen) atoms. The van der Waals surface area contributed by atoms with Crippen molar-refractivity contribution in [2.24, 2.45) is 0 Å². The molecule has 3 aliphatic rings. The van der Waals surface area contributed by atoms with Crippen LogP contribution in [0.3, 0.4) is 0 Å². The topological polar surface area (TPSA) is 78.4 Å². The highest BCUT2D eigenvalue weighted by molar-refractivity contribution is 5.44. The van der Waals surface area contributed by atoms with E-state index in [4.69, 9.17) is 23.7 Å². The third kappa shape index (κ3) is 5.36. The second-order valence-corrected chi connectivity index (χ2v) is 7.95. The molecule has 1 aromatic carbocycles. The Morgan fingerprint density at radius 3 is 2.81 bits per heavy atom. The number of hydrogen-bond acceptors (Lipinski definition) is 9. The van der Waals surface area contributed by atoms with Gasteiger partial charge in [0.25, 0.3) is 0 Å². The monoisotopic (exact) mass is 428 g/mol. The van der Waals surface area contributed by atoms with Crippen molar-refractivity contribution in [3.05, 3.63) is 36.2 Å². The molecule has 3 aliphatic heterocycles. The molecular weight excluding hydrogens is 400 g/mol. The molecular formula is C22H28N4O5. The van der Waals surface area contributed by atoms with E-state index in [-0.39, 0.29) is 6.10 Å². The van der Waals surface area contributed by atoms with Crippen LogP contribution >= 0.6 is 0 Å². The maximum Gasteiger partial charge on any atom is 0.235 e. The minimum Gasteiger partial charge on any atom is -0.475 e. The average Bonchev–Trinajstić information content (AvgIpc) is 3.44. The summed E-state index contributed by atoms with van der Waals surface area (Å²) >= 11 is 0. The van der Waals surface area contributed by atoms with Crippen molar-refractivity contribution >= 4 is 0 Å². The molecule has 1 atom stereocenters. The van der Waals surface area contributed by atoms with Gasteiger partial charge in [0, 0.05) is 39.3 Å². The standard InChI is InChI=1S/C22H28N4O5/c1-2-19-20(30-16-29-19)11-17(1)14-26-4-3-18(15-26)31-22-13-23-12-21(24-22)28-10-7-25-5-8-27-9-6-25/h1-2,11-13,18H,3-10,14-16H2. The van der Waals surface area contributed by atoms with Crippen LogP contribution in [0.5, 0.6) is 23.3 Å². The predicted octanol–water partition coefficient (Wildman–Crippen LogP) is 1.57. The van der Waals surface area contributed by atoms with Crippen molar-refractivity contribution in [3.8, 4) is 23.3 Å². The molecule has 5 rings (SSSR count). The third-order valence-electron chi connectivity index (χ3n) is 5.71. The SMILES string of the molecule is c1cc2c(cc1CN1CCC(Oc3cncc(OCCN4CCOCC4)n3)C1)OCO2. The molecule has 0 radical (unpaired) electrons.